The summed E-state index contributed by atoms with van der Waals surface area (Å²) in [5.41, 5.74) is 0.716. The van der Waals surface area contributed by atoms with Crippen molar-refractivity contribution in [2.45, 2.75) is 56.6 Å². The zero-order chi connectivity index (χ0) is 15.0. The van der Waals surface area contributed by atoms with Crippen LogP contribution in [-0.2, 0) is 10.2 Å². The number of nitrogens with one attached hydrogen (secondary N) is 1. The largest absolute Gasteiger partial charge is 0.393 e. The first-order chi connectivity index (χ1) is 10.0. The summed E-state index contributed by atoms with van der Waals surface area (Å²) in [6.07, 6.45) is 4.18. The van der Waals surface area contributed by atoms with Gasteiger partial charge in [-0.1, -0.05) is 30.7 Å². The summed E-state index contributed by atoms with van der Waals surface area (Å²) in [7, 11) is 0. The Labute approximate surface area is 130 Å². The van der Waals surface area contributed by atoms with Gasteiger partial charge in [0.1, 0.15) is 0 Å². The van der Waals surface area contributed by atoms with E-state index in [1.165, 1.54) is 0 Å². The summed E-state index contributed by atoms with van der Waals surface area (Å²) in [5.74, 6) is 0.563. The minimum atomic E-state index is -0.347. The van der Waals surface area contributed by atoms with Crippen LogP contribution in [0.15, 0.2) is 24.3 Å². The number of aliphatic hydroxyl groups excluding tert-OH is 1. The fraction of sp³-hybridized carbons (Fsp3) is 0.588. The van der Waals surface area contributed by atoms with Crippen LogP contribution in [-0.4, -0.2) is 23.2 Å². The van der Waals surface area contributed by atoms with Gasteiger partial charge in [-0.05, 0) is 55.7 Å². The lowest BCUT2D eigenvalue weighted by Crippen LogP contribution is -2.49. The van der Waals surface area contributed by atoms with Crippen molar-refractivity contribution in [2.24, 2.45) is 5.92 Å². The third kappa shape index (κ3) is 2.82. The summed E-state index contributed by atoms with van der Waals surface area (Å²) in [6.45, 7) is 2.09. The molecule has 114 valence electrons. The minimum absolute atomic E-state index is 0.137. The monoisotopic (exact) mass is 307 g/mol. The highest BCUT2D eigenvalue weighted by molar-refractivity contribution is 6.30. The van der Waals surface area contributed by atoms with E-state index in [0.717, 1.165) is 37.7 Å². The van der Waals surface area contributed by atoms with Gasteiger partial charge >= 0.3 is 0 Å². The van der Waals surface area contributed by atoms with Gasteiger partial charge in [-0.3, -0.25) is 4.79 Å². The van der Waals surface area contributed by atoms with Crippen molar-refractivity contribution < 1.29 is 9.90 Å². The van der Waals surface area contributed by atoms with Crippen molar-refractivity contribution in [3.63, 3.8) is 0 Å². The van der Waals surface area contributed by atoms with Crippen molar-refractivity contribution in [3.05, 3.63) is 34.9 Å². The number of rotatable bonds is 5. The molecule has 1 aromatic carbocycles. The summed E-state index contributed by atoms with van der Waals surface area (Å²) < 4.78 is 0. The molecule has 0 heterocycles. The quantitative estimate of drug-likeness (QED) is 0.878. The lowest BCUT2D eigenvalue weighted by atomic mass is 9.76. The molecule has 0 radical (unpaired) electrons. The van der Waals surface area contributed by atoms with E-state index < -0.39 is 0 Å². The van der Waals surface area contributed by atoms with Crippen molar-refractivity contribution in [1.29, 1.82) is 0 Å². The number of amides is 1. The van der Waals surface area contributed by atoms with E-state index in [9.17, 15) is 9.90 Å². The molecule has 0 saturated heterocycles. The highest BCUT2D eigenvalue weighted by Crippen LogP contribution is 2.49. The predicted octanol–water partition coefficient (Wildman–Crippen LogP) is 3.04. The van der Waals surface area contributed by atoms with E-state index >= 15 is 0 Å². The van der Waals surface area contributed by atoms with Crippen LogP contribution in [0, 0.1) is 5.92 Å². The molecule has 0 unspecified atom stereocenters. The van der Waals surface area contributed by atoms with E-state index in [1.54, 1.807) is 0 Å². The van der Waals surface area contributed by atoms with Gasteiger partial charge in [-0.2, -0.15) is 0 Å². The molecule has 2 fully saturated rings. The first kappa shape index (κ1) is 14.9. The summed E-state index contributed by atoms with van der Waals surface area (Å²) in [5, 5.41) is 13.4. The standard InChI is InChI=1S/C17H22ClNO2/c1-2-15(11-9-14(20)10-11)19-16(21)17(7-8-17)12-3-5-13(18)6-4-12/h3-6,11,14-15,20H,2,7-10H2,1H3,(H,19,21)/t11?,14?,15-/m0/s1. The zero-order valence-electron chi connectivity index (χ0n) is 12.3. The normalized spacial score (nSPS) is 27.6. The molecule has 0 spiro atoms. The molecule has 2 aliphatic carbocycles. The Kier molecular flexibility index (Phi) is 3.98. The maximum atomic E-state index is 12.7. The van der Waals surface area contributed by atoms with Gasteiger partial charge in [-0.25, -0.2) is 0 Å². The Morgan fingerprint density at radius 3 is 2.48 bits per heavy atom. The van der Waals surface area contributed by atoms with Crippen LogP contribution in [0.1, 0.15) is 44.6 Å². The molecular weight excluding hydrogens is 286 g/mol. The maximum Gasteiger partial charge on any atom is 0.230 e. The second-order valence-electron chi connectivity index (χ2n) is 6.46. The summed E-state index contributed by atoms with van der Waals surface area (Å²) in [4.78, 5) is 12.7. The van der Waals surface area contributed by atoms with Gasteiger partial charge in [0.25, 0.3) is 0 Å². The second kappa shape index (κ2) is 5.62. The Hall–Kier alpha value is -1.06. The summed E-state index contributed by atoms with van der Waals surface area (Å²) in [6, 6.07) is 7.81. The van der Waals surface area contributed by atoms with Gasteiger partial charge in [0, 0.05) is 11.1 Å². The average molecular weight is 308 g/mol. The van der Waals surface area contributed by atoms with Gasteiger partial charge in [0.15, 0.2) is 0 Å². The maximum absolute atomic E-state index is 12.7. The van der Waals surface area contributed by atoms with E-state index in [2.05, 4.69) is 12.2 Å². The molecule has 21 heavy (non-hydrogen) atoms. The van der Waals surface area contributed by atoms with Crippen LogP contribution in [0.5, 0.6) is 0 Å². The molecule has 1 atom stereocenters. The SMILES string of the molecule is CC[C@H](NC(=O)C1(c2ccc(Cl)cc2)CC1)C1CC(O)C1. The third-order valence-electron chi connectivity index (χ3n) is 5.06. The first-order valence-corrected chi connectivity index (χ1v) is 8.18. The molecule has 2 saturated carbocycles. The van der Waals surface area contributed by atoms with Gasteiger partial charge in [0.2, 0.25) is 5.91 Å². The molecule has 1 amide bonds. The number of hydrogen-bond donors (Lipinski definition) is 2. The van der Waals surface area contributed by atoms with Crippen molar-refractivity contribution in [1.82, 2.24) is 5.32 Å². The predicted molar refractivity (Wildman–Crippen MR) is 83.3 cm³/mol. The van der Waals surface area contributed by atoms with Crippen molar-refractivity contribution >= 4 is 17.5 Å². The third-order valence-corrected chi connectivity index (χ3v) is 5.31. The number of hydrogen-bond acceptors (Lipinski definition) is 2. The van der Waals surface area contributed by atoms with Crippen LogP contribution < -0.4 is 5.32 Å². The fourth-order valence-corrected chi connectivity index (χ4v) is 3.48. The van der Waals surface area contributed by atoms with Crippen molar-refractivity contribution in [2.75, 3.05) is 0 Å². The van der Waals surface area contributed by atoms with E-state index in [0.29, 0.717) is 10.9 Å². The molecule has 0 aliphatic heterocycles. The van der Waals surface area contributed by atoms with E-state index in [4.69, 9.17) is 11.6 Å². The highest BCUT2D eigenvalue weighted by atomic mass is 35.5. The van der Waals surface area contributed by atoms with Crippen LogP contribution in [0.4, 0.5) is 0 Å². The van der Waals surface area contributed by atoms with Crippen molar-refractivity contribution in [3.8, 4) is 0 Å². The topological polar surface area (TPSA) is 49.3 Å². The van der Waals surface area contributed by atoms with Gasteiger partial charge in [-0.15, -0.1) is 0 Å². The Balaban J connectivity index is 1.68. The van der Waals surface area contributed by atoms with Crippen LogP contribution >= 0.6 is 11.6 Å². The van der Waals surface area contributed by atoms with Gasteiger partial charge < -0.3 is 10.4 Å². The van der Waals surface area contributed by atoms with Crippen LogP contribution in [0.25, 0.3) is 0 Å². The molecule has 2 N–H and O–H groups in total. The minimum Gasteiger partial charge on any atom is -0.393 e. The fourth-order valence-electron chi connectivity index (χ4n) is 3.36. The number of halogens is 1. The number of benzene rings is 1. The number of aliphatic hydroxyl groups is 1. The smallest absolute Gasteiger partial charge is 0.230 e. The number of carbonyl (C=O) groups is 1. The van der Waals surface area contributed by atoms with E-state index in [-0.39, 0.29) is 23.5 Å². The molecule has 0 aromatic heterocycles. The Bertz CT molecular complexity index is 518. The molecule has 2 aliphatic rings. The molecule has 1 aromatic rings. The molecule has 0 bridgehead atoms. The lowest BCUT2D eigenvalue weighted by molar-refractivity contribution is -0.125. The molecule has 4 heteroatoms. The van der Waals surface area contributed by atoms with Crippen LogP contribution in [0.2, 0.25) is 5.02 Å². The zero-order valence-corrected chi connectivity index (χ0v) is 13.1. The Morgan fingerprint density at radius 2 is 2.00 bits per heavy atom. The lowest BCUT2D eigenvalue weighted by Gasteiger charge is -2.38. The molecule has 3 rings (SSSR count). The second-order valence-corrected chi connectivity index (χ2v) is 6.90. The number of carbonyl (C=O) groups excluding carboxylic acids is 1. The Morgan fingerprint density at radius 1 is 1.38 bits per heavy atom. The molecular formula is C17H22ClNO2. The summed E-state index contributed by atoms with van der Waals surface area (Å²) >= 11 is 5.93. The van der Waals surface area contributed by atoms with Crippen LogP contribution in [0.3, 0.4) is 0 Å². The first-order valence-electron chi connectivity index (χ1n) is 7.80. The molecule has 3 nitrogen and oxygen atoms in total. The van der Waals surface area contributed by atoms with E-state index in [1.807, 2.05) is 24.3 Å². The van der Waals surface area contributed by atoms with Gasteiger partial charge in [0.05, 0.1) is 11.5 Å². The average Bonchev–Trinajstić information content (AvgIpc) is 3.24. The highest BCUT2D eigenvalue weighted by Gasteiger charge is 2.52.